The SMILES string of the molecule is CCC(O)COc1cccc(COc2cccc3ccc(=O)[nH]c23)c1. The minimum absolute atomic E-state index is 0.159. The summed E-state index contributed by atoms with van der Waals surface area (Å²) in [5, 5.41) is 10.5. The number of hydrogen-bond acceptors (Lipinski definition) is 4. The van der Waals surface area contributed by atoms with E-state index in [9.17, 15) is 9.90 Å². The molecule has 0 bridgehead atoms. The van der Waals surface area contributed by atoms with Crippen LogP contribution in [0.5, 0.6) is 11.5 Å². The van der Waals surface area contributed by atoms with E-state index in [1.165, 1.54) is 6.07 Å². The highest BCUT2D eigenvalue weighted by Crippen LogP contribution is 2.23. The van der Waals surface area contributed by atoms with E-state index in [2.05, 4.69) is 4.98 Å². The van der Waals surface area contributed by atoms with Gasteiger partial charge < -0.3 is 19.6 Å². The Labute approximate surface area is 145 Å². The van der Waals surface area contributed by atoms with E-state index >= 15 is 0 Å². The standard InChI is InChI=1S/C20H21NO4/c1-2-16(22)13-24-17-7-3-5-14(11-17)12-25-18-8-4-6-15-9-10-19(23)21-20(15)18/h3-11,16,22H,2,12-13H2,1H3,(H,21,23). The van der Waals surface area contributed by atoms with Gasteiger partial charge in [0.25, 0.3) is 0 Å². The number of hydrogen-bond donors (Lipinski definition) is 2. The summed E-state index contributed by atoms with van der Waals surface area (Å²) in [5.74, 6) is 1.32. The smallest absolute Gasteiger partial charge is 0.248 e. The average Bonchev–Trinajstić information content (AvgIpc) is 2.64. The normalized spacial score (nSPS) is 12.1. The van der Waals surface area contributed by atoms with Crippen molar-refractivity contribution in [2.45, 2.75) is 26.1 Å². The number of rotatable bonds is 7. The maximum absolute atomic E-state index is 11.6. The first-order chi connectivity index (χ1) is 12.2. The number of pyridine rings is 1. The molecular formula is C20H21NO4. The van der Waals surface area contributed by atoms with E-state index in [1.807, 2.05) is 49.4 Å². The van der Waals surface area contributed by atoms with Gasteiger partial charge in [-0.3, -0.25) is 4.79 Å². The minimum atomic E-state index is -0.465. The number of ether oxygens (including phenoxy) is 2. The van der Waals surface area contributed by atoms with Crippen LogP contribution < -0.4 is 15.0 Å². The van der Waals surface area contributed by atoms with Crippen molar-refractivity contribution in [2.75, 3.05) is 6.61 Å². The fraction of sp³-hybridized carbons (Fsp3) is 0.250. The summed E-state index contributed by atoms with van der Waals surface area (Å²) in [6.45, 7) is 2.53. The van der Waals surface area contributed by atoms with E-state index in [0.29, 0.717) is 30.0 Å². The fourth-order valence-electron chi connectivity index (χ4n) is 2.47. The fourth-order valence-corrected chi connectivity index (χ4v) is 2.47. The van der Waals surface area contributed by atoms with Crippen LogP contribution in [0, 0.1) is 0 Å². The summed E-state index contributed by atoms with van der Waals surface area (Å²) in [6.07, 6.45) is 0.189. The van der Waals surface area contributed by atoms with Crippen molar-refractivity contribution in [3.8, 4) is 11.5 Å². The maximum Gasteiger partial charge on any atom is 0.248 e. The molecule has 0 aliphatic carbocycles. The van der Waals surface area contributed by atoms with Crippen molar-refractivity contribution < 1.29 is 14.6 Å². The van der Waals surface area contributed by atoms with Crippen LogP contribution in [0.2, 0.25) is 0 Å². The molecule has 2 N–H and O–H groups in total. The van der Waals surface area contributed by atoms with Gasteiger partial charge in [-0.2, -0.15) is 0 Å². The Kier molecular flexibility index (Phi) is 5.36. The third-order valence-corrected chi connectivity index (χ3v) is 3.93. The lowest BCUT2D eigenvalue weighted by atomic mass is 10.2. The Morgan fingerprint density at radius 2 is 1.92 bits per heavy atom. The van der Waals surface area contributed by atoms with Crippen LogP contribution in [0.3, 0.4) is 0 Å². The topological polar surface area (TPSA) is 71.5 Å². The number of nitrogens with one attached hydrogen (secondary N) is 1. The molecule has 0 amide bonds. The molecule has 2 aromatic carbocycles. The van der Waals surface area contributed by atoms with Crippen molar-refractivity contribution >= 4 is 10.9 Å². The van der Waals surface area contributed by atoms with Gasteiger partial charge in [0.1, 0.15) is 24.7 Å². The number of benzene rings is 2. The van der Waals surface area contributed by atoms with E-state index in [1.54, 1.807) is 6.07 Å². The number of fused-ring (bicyclic) bond motifs is 1. The molecule has 0 radical (unpaired) electrons. The molecule has 0 aliphatic heterocycles. The van der Waals surface area contributed by atoms with E-state index in [4.69, 9.17) is 9.47 Å². The van der Waals surface area contributed by atoms with Crippen LogP contribution in [0.15, 0.2) is 59.4 Å². The predicted molar refractivity (Wildman–Crippen MR) is 97.1 cm³/mol. The van der Waals surface area contributed by atoms with Gasteiger partial charge in [-0.05, 0) is 36.2 Å². The first-order valence-electron chi connectivity index (χ1n) is 8.30. The summed E-state index contributed by atoms with van der Waals surface area (Å²) in [5.41, 5.74) is 1.47. The summed E-state index contributed by atoms with van der Waals surface area (Å²) < 4.78 is 11.5. The van der Waals surface area contributed by atoms with Crippen molar-refractivity contribution in [1.82, 2.24) is 4.98 Å². The van der Waals surface area contributed by atoms with Crippen LogP contribution in [0.25, 0.3) is 10.9 Å². The quantitative estimate of drug-likeness (QED) is 0.693. The minimum Gasteiger partial charge on any atom is -0.491 e. The Morgan fingerprint density at radius 3 is 2.76 bits per heavy atom. The van der Waals surface area contributed by atoms with Gasteiger partial charge in [-0.25, -0.2) is 0 Å². The number of aromatic amines is 1. The summed E-state index contributed by atoms with van der Waals surface area (Å²) in [6, 6.07) is 16.5. The average molecular weight is 339 g/mol. The van der Waals surface area contributed by atoms with Crippen LogP contribution in [-0.4, -0.2) is 22.8 Å². The summed E-state index contributed by atoms with van der Waals surface area (Å²) in [4.78, 5) is 14.4. The third-order valence-electron chi connectivity index (χ3n) is 3.93. The molecule has 0 spiro atoms. The number of H-pyrrole nitrogens is 1. The first kappa shape index (κ1) is 17.0. The van der Waals surface area contributed by atoms with Gasteiger partial charge >= 0.3 is 0 Å². The zero-order chi connectivity index (χ0) is 17.6. The van der Waals surface area contributed by atoms with E-state index < -0.39 is 6.10 Å². The highest BCUT2D eigenvalue weighted by molar-refractivity contribution is 5.84. The molecule has 3 aromatic rings. The molecule has 1 unspecified atom stereocenters. The Bertz CT molecular complexity index is 903. The van der Waals surface area contributed by atoms with Crippen LogP contribution in [0.1, 0.15) is 18.9 Å². The molecule has 5 heteroatoms. The van der Waals surface area contributed by atoms with Gasteiger partial charge in [0.05, 0.1) is 11.6 Å². The zero-order valence-electron chi connectivity index (χ0n) is 14.1. The lowest BCUT2D eigenvalue weighted by Crippen LogP contribution is -2.16. The lowest BCUT2D eigenvalue weighted by Gasteiger charge is -2.12. The second kappa shape index (κ2) is 7.85. The zero-order valence-corrected chi connectivity index (χ0v) is 14.1. The molecule has 130 valence electrons. The molecule has 5 nitrogen and oxygen atoms in total. The van der Waals surface area contributed by atoms with Crippen LogP contribution in [0.4, 0.5) is 0 Å². The van der Waals surface area contributed by atoms with Gasteiger partial charge in [-0.15, -0.1) is 0 Å². The number of aromatic nitrogens is 1. The molecule has 0 saturated carbocycles. The van der Waals surface area contributed by atoms with Crippen LogP contribution >= 0.6 is 0 Å². The Morgan fingerprint density at radius 1 is 1.08 bits per heavy atom. The molecule has 0 aliphatic rings. The van der Waals surface area contributed by atoms with E-state index in [-0.39, 0.29) is 12.2 Å². The molecule has 1 heterocycles. The highest BCUT2D eigenvalue weighted by atomic mass is 16.5. The number of aliphatic hydroxyl groups is 1. The second-order valence-corrected chi connectivity index (χ2v) is 5.85. The highest BCUT2D eigenvalue weighted by Gasteiger charge is 2.05. The lowest BCUT2D eigenvalue weighted by molar-refractivity contribution is 0.104. The van der Waals surface area contributed by atoms with Crippen molar-refractivity contribution in [3.63, 3.8) is 0 Å². The predicted octanol–water partition coefficient (Wildman–Crippen LogP) is 3.26. The third kappa shape index (κ3) is 4.39. The van der Waals surface area contributed by atoms with Crippen LogP contribution in [-0.2, 0) is 6.61 Å². The summed E-state index contributed by atoms with van der Waals surface area (Å²) in [7, 11) is 0. The molecule has 1 aromatic heterocycles. The van der Waals surface area contributed by atoms with Crippen molar-refractivity contribution in [3.05, 3.63) is 70.5 Å². The summed E-state index contributed by atoms with van der Waals surface area (Å²) >= 11 is 0. The van der Waals surface area contributed by atoms with E-state index in [0.717, 1.165) is 10.9 Å². The number of para-hydroxylation sites is 1. The maximum atomic E-state index is 11.6. The molecule has 0 saturated heterocycles. The second-order valence-electron chi connectivity index (χ2n) is 5.85. The Balaban J connectivity index is 1.72. The van der Waals surface area contributed by atoms with Gasteiger partial charge in [0, 0.05) is 11.5 Å². The molecular weight excluding hydrogens is 318 g/mol. The molecule has 0 fully saturated rings. The number of aliphatic hydroxyl groups excluding tert-OH is 1. The van der Waals surface area contributed by atoms with Crippen molar-refractivity contribution in [1.29, 1.82) is 0 Å². The van der Waals surface area contributed by atoms with Gasteiger partial charge in [0.2, 0.25) is 5.56 Å². The van der Waals surface area contributed by atoms with Gasteiger partial charge in [0.15, 0.2) is 0 Å². The molecule has 3 rings (SSSR count). The first-order valence-corrected chi connectivity index (χ1v) is 8.30. The molecule has 25 heavy (non-hydrogen) atoms. The van der Waals surface area contributed by atoms with Crippen molar-refractivity contribution in [2.24, 2.45) is 0 Å². The van der Waals surface area contributed by atoms with Gasteiger partial charge in [-0.1, -0.05) is 31.2 Å². The molecule has 1 atom stereocenters. The largest absolute Gasteiger partial charge is 0.491 e. The Hall–Kier alpha value is -2.79. The monoisotopic (exact) mass is 339 g/mol.